The summed E-state index contributed by atoms with van der Waals surface area (Å²) in [5.74, 6) is 0.812. The van der Waals surface area contributed by atoms with Crippen molar-refractivity contribution in [1.82, 2.24) is 14.5 Å². The molecule has 2 heterocycles. The summed E-state index contributed by atoms with van der Waals surface area (Å²) in [6.45, 7) is 1.87. The predicted octanol–water partition coefficient (Wildman–Crippen LogP) is 1.66. The molecule has 0 amide bonds. The van der Waals surface area contributed by atoms with Gasteiger partial charge in [0.25, 0.3) is 0 Å². The lowest BCUT2D eigenvalue weighted by molar-refractivity contribution is 0.845. The number of aryl methyl sites for hydroxylation is 1. The molecule has 0 saturated heterocycles. The number of pyridine rings is 1. The maximum atomic E-state index is 9.04. The van der Waals surface area contributed by atoms with Gasteiger partial charge in [-0.15, -0.1) is 0 Å². The fourth-order valence-electron chi connectivity index (χ4n) is 1.42. The molecule has 0 N–H and O–H groups in total. The summed E-state index contributed by atoms with van der Waals surface area (Å²) in [7, 11) is 1.83. The molecule has 2 aromatic heterocycles. The van der Waals surface area contributed by atoms with Gasteiger partial charge in [-0.25, -0.2) is 4.98 Å². The lowest BCUT2D eigenvalue weighted by Gasteiger charge is -1.96. The van der Waals surface area contributed by atoms with E-state index in [-0.39, 0.29) is 0 Å². The summed E-state index contributed by atoms with van der Waals surface area (Å²) in [6.07, 6.45) is 1.69. The Morgan fingerprint density at radius 3 is 2.80 bits per heavy atom. The molecule has 0 aliphatic heterocycles. The van der Waals surface area contributed by atoms with E-state index >= 15 is 0 Å². The van der Waals surface area contributed by atoms with Gasteiger partial charge in [0.1, 0.15) is 23.3 Å². The van der Waals surface area contributed by atoms with Gasteiger partial charge in [-0.1, -0.05) is 6.07 Å². The van der Waals surface area contributed by atoms with Crippen molar-refractivity contribution >= 4 is 0 Å². The Bertz CT molecular complexity index is 520. The van der Waals surface area contributed by atoms with Crippen molar-refractivity contribution in [2.45, 2.75) is 6.92 Å². The summed E-state index contributed by atoms with van der Waals surface area (Å²) in [4.78, 5) is 8.51. The second-order valence-corrected chi connectivity index (χ2v) is 3.24. The Balaban J connectivity index is 2.65. The minimum atomic E-state index is 0.547. The van der Waals surface area contributed by atoms with Crippen LogP contribution in [0.2, 0.25) is 0 Å². The lowest BCUT2D eigenvalue weighted by atomic mass is 10.2. The zero-order chi connectivity index (χ0) is 10.8. The molecule has 4 heteroatoms. The maximum absolute atomic E-state index is 9.04. The van der Waals surface area contributed by atoms with Gasteiger partial charge in [0.15, 0.2) is 0 Å². The second kappa shape index (κ2) is 3.54. The standard InChI is InChI=1S/C11H10N4/c1-8-14-11(10(7-12)15(8)2)9-5-3-4-6-13-9/h3-6H,1-2H3. The van der Waals surface area contributed by atoms with E-state index in [1.165, 1.54) is 0 Å². The minimum absolute atomic E-state index is 0.547. The van der Waals surface area contributed by atoms with E-state index in [2.05, 4.69) is 16.0 Å². The van der Waals surface area contributed by atoms with Gasteiger partial charge in [-0.3, -0.25) is 4.98 Å². The van der Waals surface area contributed by atoms with Crippen molar-refractivity contribution < 1.29 is 0 Å². The Morgan fingerprint density at radius 2 is 2.20 bits per heavy atom. The number of aromatic nitrogens is 3. The number of imidazole rings is 1. The van der Waals surface area contributed by atoms with Crippen LogP contribution in [0.4, 0.5) is 0 Å². The van der Waals surface area contributed by atoms with Gasteiger partial charge in [0.05, 0.1) is 5.69 Å². The lowest BCUT2D eigenvalue weighted by Crippen LogP contribution is -1.94. The second-order valence-electron chi connectivity index (χ2n) is 3.24. The van der Waals surface area contributed by atoms with Crippen LogP contribution >= 0.6 is 0 Å². The molecule has 0 unspecified atom stereocenters. The largest absolute Gasteiger partial charge is 0.323 e. The van der Waals surface area contributed by atoms with E-state index in [1.807, 2.05) is 32.2 Å². The third-order valence-corrected chi connectivity index (χ3v) is 2.33. The molecule has 4 nitrogen and oxygen atoms in total. The number of hydrogen-bond acceptors (Lipinski definition) is 3. The fraction of sp³-hybridized carbons (Fsp3) is 0.182. The topological polar surface area (TPSA) is 54.5 Å². The highest BCUT2D eigenvalue weighted by molar-refractivity contribution is 5.61. The van der Waals surface area contributed by atoms with Crippen LogP contribution in [0.1, 0.15) is 11.5 Å². The average Bonchev–Trinajstić information content (AvgIpc) is 2.56. The average molecular weight is 198 g/mol. The molecule has 0 aliphatic carbocycles. The SMILES string of the molecule is Cc1nc(-c2ccccn2)c(C#N)n1C. The molecule has 0 fully saturated rings. The van der Waals surface area contributed by atoms with Crippen LogP contribution in [0.25, 0.3) is 11.4 Å². The molecule has 0 aliphatic rings. The van der Waals surface area contributed by atoms with Crippen molar-refractivity contribution in [3.63, 3.8) is 0 Å². The van der Waals surface area contributed by atoms with Crippen molar-refractivity contribution in [2.75, 3.05) is 0 Å². The van der Waals surface area contributed by atoms with Crippen LogP contribution in [0.3, 0.4) is 0 Å². The van der Waals surface area contributed by atoms with E-state index < -0.39 is 0 Å². The molecule has 74 valence electrons. The number of nitrogens with zero attached hydrogens (tertiary/aromatic N) is 4. The van der Waals surface area contributed by atoms with Crippen LogP contribution in [-0.4, -0.2) is 14.5 Å². The van der Waals surface area contributed by atoms with Crippen LogP contribution < -0.4 is 0 Å². The fourth-order valence-corrected chi connectivity index (χ4v) is 1.42. The van der Waals surface area contributed by atoms with E-state index in [0.29, 0.717) is 11.4 Å². The van der Waals surface area contributed by atoms with Crippen molar-refractivity contribution in [3.8, 4) is 17.5 Å². The first kappa shape index (κ1) is 9.41. The molecule has 0 spiro atoms. The van der Waals surface area contributed by atoms with E-state index in [4.69, 9.17) is 5.26 Å². The van der Waals surface area contributed by atoms with E-state index in [1.54, 1.807) is 10.8 Å². The van der Waals surface area contributed by atoms with Crippen LogP contribution in [0.15, 0.2) is 24.4 Å². The summed E-state index contributed by atoms with van der Waals surface area (Å²) in [6, 6.07) is 7.71. The van der Waals surface area contributed by atoms with Gasteiger partial charge in [0.2, 0.25) is 0 Å². The molecule has 0 aromatic carbocycles. The molecule has 15 heavy (non-hydrogen) atoms. The Kier molecular flexibility index (Phi) is 2.22. The molecule has 0 atom stereocenters. The minimum Gasteiger partial charge on any atom is -0.323 e. The van der Waals surface area contributed by atoms with Gasteiger partial charge < -0.3 is 4.57 Å². The number of hydrogen-bond donors (Lipinski definition) is 0. The molecule has 0 radical (unpaired) electrons. The highest BCUT2D eigenvalue weighted by Crippen LogP contribution is 2.20. The summed E-state index contributed by atoms with van der Waals surface area (Å²) >= 11 is 0. The summed E-state index contributed by atoms with van der Waals surface area (Å²) in [5, 5.41) is 9.04. The first-order valence-corrected chi connectivity index (χ1v) is 4.59. The highest BCUT2D eigenvalue weighted by Gasteiger charge is 2.13. The van der Waals surface area contributed by atoms with Crippen LogP contribution in [0.5, 0.6) is 0 Å². The van der Waals surface area contributed by atoms with Gasteiger partial charge in [0, 0.05) is 13.2 Å². The quantitative estimate of drug-likeness (QED) is 0.700. The van der Waals surface area contributed by atoms with Crippen molar-refractivity contribution in [3.05, 3.63) is 35.9 Å². The Labute approximate surface area is 87.8 Å². The van der Waals surface area contributed by atoms with Crippen molar-refractivity contribution in [2.24, 2.45) is 7.05 Å². The third kappa shape index (κ3) is 1.48. The Hall–Kier alpha value is -2.15. The maximum Gasteiger partial charge on any atom is 0.149 e. The van der Waals surface area contributed by atoms with Crippen LogP contribution in [-0.2, 0) is 7.05 Å². The molecule has 0 saturated carbocycles. The third-order valence-electron chi connectivity index (χ3n) is 2.33. The molecule has 0 bridgehead atoms. The highest BCUT2D eigenvalue weighted by atomic mass is 15.1. The van der Waals surface area contributed by atoms with Crippen molar-refractivity contribution in [1.29, 1.82) is 5.26 Å². The van der Waals surface area contributed by atoms with Gasteiger partial charge >= 0.3 is 0 Å². The molecular formula is C11H10N4. The molecular weight excluding hydrogens is 188 g/mol. The zero-order valence-electron chi connectivity index (χ0n) is 8.60. The first-order chi connectivity index (χ1) is 7.24. The van der Waals surface area contributed by atoms with Gasteiger partial charge in [-0.2, -0.15) is 5.26 Å². The monoisotopic (exact) mass is 198 g/mol. The predicted molar refractivity (Wildman–Crippen MR) is 55.9 cm³/mol. The smallest absolute Gasteiger partial charge is 0.149 e. The molecule has 2 aromatic rings. The number of rotatable bonds is 1. The van der Waals surface area contributed by atoms with E-state index in [9.17, 15) is 0 Å². The summed E-state index contributed by atoms with van der Waals surface area (Å²) in [5.41, 5.74) is 1.93. The number of nitriles is 1. The summed E-state index contributed by atoms with van der Waals surface area (Å²) < 4.78 is 1.77. The Morgan fingerprint density at radius 1 is 1.40 bits per heavy atom. The first-order valence-electron chi connectivity index (χ1n) is 4.59. The zero-order valence-corrected chi connectivity index (χ0v) is 8.60. The van der Waals surface area contributed by atoms with E-state index in [0.717, 1.165) is 11.5 Å². The normalized spacial score (nSPS) is 9.93. The van der Waals surface area contributed by atoms with Gasteiger partial charge in [-0.05, 0) is 19.1 Å². The van der Waals surface area contributed by atoms with Crippen LogP contribution in [0, 0.1) is 18.3 Å². The molecule has 2 rings (SSSR count).